The van der Waals surface area contributed by atoms with Gasteiger partial charge in [0.15, 0.2) is 0 Å². The van der Waals surface area contributed by atoms with Crippen LogP contribution in [-0.2, 0) is 6.42 Å². The molecule has 20 heavy (non-hydrogen) atoms. The number of fused-ring (bicyclic) bond motifs is 3. The van der Waals surface area contributed by atoms with Crippen LogP contribution in [0.15, 0.2) is 42.6 Å². The van der Waals surface area contributed by atoms with E-state index in [0.29, 0.717) is 23.7 Å². The van der Waals surface area contributed by atoms with Crippen molar-refractivity contribution in [3.8, 4) is 0 Å². The number of nitrogens with zero attached hydrogens (tertiary/aromatic N) is 2. The van der Waals surface area contributed by atoms with Crippen molar-refractivity contribution < 1.29 is 4.92 Å². The van der Waals surface area contributed by atoms with Crippen molar-refractivity contribution in [2.24, 2.45) is 5.92 Å². The first-order chi connectivity index (χ1) is 9.74. The molecule has 0 spiro atoms. The lowest BCUT2D eigenvalue weighted by molar-refractivity contribution is -0.385. The SMILES string of the molecule is O=[N+]([O-])c1ccc(N[C@@H]2[C@@H]3Cc4ccccc4[C@H]32)nc1. The number of pyridine rings is 1. The molecule has 1 fully saturated rings. The van der Waals surface area contributed by atoms with Crippen molar-refractivity contribution in [1.29, 1.82) is 0 Å². The van der Waals surface area contributed by atoms with E-state index in [1.807, 2.05) is 0 Å². The second-order valence-corrected chi connectivity index (χ2v) is 5.42. The first-order valence-electron chi connectivity index (χ1n) is 6.69. The average molecular weight is 267 g/mol. The summed E-state index contributed by atoms with van der Waals surface area (Å²) in [6.45, 7) is 0. The number of hydrogen-bond acceptors (Lipinski definition) is 4. The Bertz CT molecular complexity index is 684. The molecule has 0 saturated heterocycles. The molecule has 1 saturated carbocycles. The van der Waals surface area contributed by atoms with E-state index in [4.69, 9.17) is 0 Å². The molecule has 0 radical (unpaired) electrons. The highest BCUT2D eigenvalue weighted by Crippen LogP contribution is 2.57. The normalized spacial score (nSPS) is 25.7. The molecule has 5 heteroatoms. The first kappa shape index (κ1) is 11.4. The van der Waals surface area contributed by atoms with Crippen LogP contribution < -0.4 is 5.32 Å². The monoisotopic (exact) mass is 267 g/mol. The van der Waals surface area contributed by atoms with E-state index in [2.05, 4.69) is 34.6 Å². The van der Waals surface area contributed by atoms with Crippen LogP contribution >= 0.6 is 0 Å². The Labute approximate surface area is 115 Å². The molecular weight excluding hydrogens is 254 g/mol. The fourth-order valence-corrected chi connectivity index (χ4v) is 3.30. The van der Waals surface area contributed by atoms with E-state index in [-0.39, 0.29) is 5.69 Å². The summed E-state index contributed by atoms with van der Waals surface area (Å²) in [6.07, 6.45) is 2.42. The van der Waals surface area contributed by atoms with Gasteiger partial charge in [0.2, 0.25) is 0 Å². The maximum absolute atomic E-state index is 10.6. The summed E-state index contributed by atoms with van der Waals surface area (Å²) in [6, 6.07) is 12.1. The van der Waals surface area contributed by atoms with Crippen LogP contribution in [0, 0.1) is 16.0 Å². The second-order valence-electron chi connectivity index (χ2n) is 5.42. The Balaban J connectivity index is 1.49. The molecule has 1 heterocycles. The van der Waals surface area contributed by atoms with Crippen LogP contribution in [-0.4, -0.2) is 15.9 Å². The van der Waals surface area contributed by atoms with Gasteiger partial charge in [-0.1, -0.05) is 24.3 Å². The third-order valence-corrected chi connectivity index (χ3v) is 4.31. The Morgan fingerprint density at radius 1 is 1.25 bits per heavy atom. The van der Waals surface area contributed by atoms with E-state index < -0.39 is 4.92 Å². The number of benzene rings is 1. The minimum Gasteiger partial charge on any atom is -0.366 e. The molecule has 0 amide bonds. The van der Waals surface area contributed by atoms with Gasteiger partial charge >= 0.3 is 0 Å². The van der Waals surface area contributed by atoms with Crippen molar-refractivity contribution >= 4 is 11.5 Å². The van der Waals surface area contributed by atoms with Crippen molar-refractivity contribution in [3.05, 3.63) is 63.8 Å². The highest BCUT2D eigenvalue weighted by Gasteiger charge is 2.55. The quantitative estimate of drug-likeness (QED) is 0.685. The molecule has 0 aliphatic heterocycles. The molecule has 4 rings (SSSR count). The third-order valence-electron chi connectivity index (χ3n) is 4.31. The predicted octanol–water partition coefficient (Wildman–Crippen LogP) is 2.74. The minimum atomic E-state index is -0.432. The van der Waals surface area contributed by atoms with Crippen LogP contribution in [0.5, 0.6) is 0 Å². The molecule has 5 nitrogen and oxygen atoms in total. The lowest BCUT2D eigenvalue weighted by Crippen LogP contribution is -2.10. The van der Waals surface area contributed by atoms with Gasteiger partial charge in [0, 0.05) is 18.0 Å². The first-order valence-corrected chi connectivity index (χ1v) is 6.69. The van der Waals surface area contributed by atoms with Gasteiger partial charge in [-0.3, -0.25) is 10.1 Å². The Hall–Kier alpha value is -2.43. The van der Waals surface area contributed by atoms with Gasteiger partial charge in [-0.2, -0.15) is 0 Å². The highest BCUT2D eigenvalue weighted by atomic mass is 16.6. The third kappa shape index (κ3) is 1.66. The summed E-state index contributed by atoms with van der Waals surface area (Å²) in [5, 5.41) is 14.0. The zero-order chi connectivity index (χ0) is 13.7. The lowest BCUT2D eigenvalue weighted by Gasteiger charge is -2.09. The van der Waals surface area contributed by atoms with Gasteiger partial charge in [0.25, 0.3) is 5.69 Å². The topological polar surface area (TPSA) is 68.1 Å². The van der Waals surface area contributed by atoms with Crippen LogP contribution in [0.1, 0.15) is 17.0 Å². The summed E-state index contributed by atoms with van der Waals surface area (Å²) in [5.74, 6) is 1.93. The Morgan fingerprint density at radius 2 is 2.10 bits per heavy atom. The van der Waals surface area contributed by atoms with Crippen LogP contribution in [0.2, 0.25) is 0 Å². The van der Waals surface area contributed by atoms with E-state index in [1.54, 1.807) is 6.07 Å². The largest absolute Gasteiger partial charge is 0.366 e. The zero-order valence-electron chi connectivity index (χ0n) is 10.7. The van der Waals surface area contributed by atoms with Crippen LogP contribution in [0.4, 0.5) is 11.5 Å². The molecule has 1 aromatic carbocycles. The fourth-order valence-electron chi connectivity index (χ4n) is 3.30. The molecule has 3 atom stereocenters. The Morgan fingerprint density at radius 3 is 2.85 bits per heavy atom. The molecule has 2 aliphatic carbocycles. The number of hydrogen-bond donors (Lipinski definition) is 1. The fraction of sp³-hybridized carbons (Fsp3) is 0.267. The van der Waals surface area contributed by atoms with Gasteiger partial charge in [0.05, 0.1) is 4.92 Å². The van der Waals surface area contributed by atoms with E-state index in [0.717, 1.165) is 6.42 Å². The van der Waals surface area contributed by atoms with E-state index in [1.165, 1.54) is 23.4 Å². The number of rotatable bonds is 3. The second kappa shape index (κ2) is 4.03. The smallest absolute Gasteiger partial charge is 0.287 e. The maximum atomic E-state index is 10.6. The summed E-state index contributed by atoms with van der Waals surface area (Å²) >= 11 is 0. The summed E-state index contributed by atoms with van der Waals surface area (Å²) < 4.78 is 0. The van der Waals surface area contributed by atoms with Gasteiger partial charge < -0.3 is 5.32 Å². The standard InChI is InChI=1S/C15H13N3O2/c19-18(20)10-5-6-13(16-8-10)17-15-12-7-9-3-1-2-4-11(9)14(12)15/h1-6,8,12,14-15H,7H2,(H,16,17)/t12-,14-,15-/m1/s1. The van der Waals surface area contributed by atoms with Crippen LogP contribution in [0.3, 0.4) is 0 Å². The number of nitro groups is 1. The van der Waals surface area contributed by atoms with Crippen LogP contribution in [0.25, 0.3) is 0 Å². The highest BCUT2D eigenvalue weighted by molar-refractivity contribution is 5.51. The average Bonchev–Trinajstić information content (AvgIpc) is 2.97. The molecular formula is C15H13N3O2. The summed E-state index contributed by atoms with van der Waals surface area (Å²) in [7, 11) is 0. The number of nitrogens with one attached hydrogen (secondary N) is 1. The molecule has 1 aromatic heterocycles. The number of aromatic nitrogens is 1. The van der Waals surface area contributed by atoms with E-state index in [9.17, 15) is 10.1 Å². The molecule has 1 N–H and O–H groups in total. The summed E-state index contributed by atoms with van der Waals surface area (Å²) in [5.41, 5.74) is 2.92. The lowest BCUT2D eigenvalue weighted by atomic mass is 10.1. The van der Waals surface area contributed by atoms with Crippen molar-refractivity contribution in [2.45, 2.75) is 18.4 Å². The van der Waals surface area contributed by atoms with E-state index >= 15 is 0 Å². The molecule has 0 bridgehead atoms. The molecule has 2 aromatic rings. The zero-order valence-corrected chi connectivity index (χ0v) is 10.7. The number of anilines is 1. The molecule has 100 valence electrons. The van der Waals surface area contributed by atoms with Crippen molar-refractivity contribution in [1.82, 2.24) is 4.98 Å². The minimum absolute atomic E-state index is 0.0249. The van der Waals surface area contributed by atoms with Gasteiger partial charge in [-0.25, -0.2) is 4.98 Å². The maximum Gasteiger partial charge on any atom is 0.287 e. The van der Waals surface area contributed by atoms with Gasteiger partial charge in [-0.05, 0) is 29.5 Å². The Kier molecular flexibility index (Phi) is 2.30. The molecule has 2 aliphatic rings. The van der Waals surface area contributed by atoms with Crippen molar-refractivity contribution in [3.63, 3.8) is 0 Å². The van der Waals surface area contributed by atoms with Crippen molar-refractivity contribution in [2.75, 3.05) is 5.32 Å². The summed E-state index contributed by atoms with van der Waals surface area (Å²) in [4.78, 5) is 14.3. The predicted molar refractivity (Wildman–Crippen MR) is 74.7 cm³/mol. The van der Waals surface area contributed by atoms with Gasteiger partial charge in [0.1, 0.15) is 12.0 Å². The van der Waals surface area contributed by atoms with Gasteiger partial charge in [-0.15, -0.1) is 0 Å². The molecule has 0 unspecified atom stereocenters.